The molecule has 0 aliphatic rings. The van der Waals surface area contributed by atoms with Crippen LogP contribution in [0.25, 0.3) is 0 Å². The maximum Gasteiger partial charge on any atom is 0.339 e. The first-order valence-corrected chi connectivity index (χ1v) is 6.62. The van der Waals surface area contributed by atoms with Crippen molar-refractivity contribution in [1.29, 1.82) is 0 Å². The zero-order valence-corrected chi connectivity index (χ0v) is 12.1. The molecule has 2 aromatic heterocycles. The molecular weight excluding hydrogens is 344 g/mol. The fourth-order valence-electron chi connectivity index (χ4n) is 1.12. The highest BCUT2D eigenvalue weighted by atomic mass is 79.9. The Hall–Kier alpha value is -1.12. The van der Waals surface area contributed by atoms with Crippen LogP contribution in [0.4, 0.5) is 0 Å². The third-order valence-electron chi connectivity index (χ3n) is 1.91. The second-order valence-corrected chi connectivity index (χ2v) is 5.49. The molecule has 0 aliphatic carbocycles. The van der Waals surface area contributed by atoms with E-state index in [1.807, 2.05) is 0 Å². The molecule has 0 amide bonds. The van der Waals surface area contributed by atoms with Crippen molar-refractivity contribution in [2.24, 2.45) is 7.05 Å². The Morgan fingerprint density at radius 1 is 1.50 bits per heavy atom. The maximum absolute atomic E-state index is 11.2. The lowest BCUT2D eigenvalue weighted by Crippen LogP contribution is -2.33. The predicted molar refractivity (Wildman–Crippen MR) is 71.2 cm³/mol. The van der Waals surface area contributed by atoms with Crippen molar-refractivity contribution in [3.63, 3.8) is 0 Å². The molecule has 0 atom stereocenters. The van der Waals surface area contributed by atoms with Crippen LogP contribution in [0.15, 0.2) is 36.5 Å². The van der Waals surface area contributed by atoms with Gasteiger partial charge in [-0.05, 0) is 33.8 Å². The van der Waals surface area contributed by atoms with Crippen molar-refractivity contribution in [2.45, 2.75) is 10.2 Å². The molecule has 18 heavy (non-hydrogen) atoms. The van der Waals surface area contributed by atoms with Crippen LogP contribution in [0.3, 0.4) is 0 Å². The molecule has 0 fully saturated rings. The van der Waals surface area contributed by atoms with Gasteiger partial charge >= 0.3 is 11.1 Å². The molecule has 1 N–H and O–H groups in total. The molecule has 2 heterocycles. The van der Waals surface area contributed by atoms with Crippen LogP contribution in [-0.2, 0) is 7.05 Å². The summed E-state index contributed by atoms with van der Waals surface area (Å²) in [7, 11) is 1.58. The van der Waals surface area contributed by atoms with E-state index in [0.29, 0.717) is 19.7 Å². The van der Waals surface area contributed by atoms with Crippen molar-refractivity contribution in [1.82, 2.24) is 19.7 Å². The molecule has 0 unspecified atom stereocenters. The van der Waals surface area contributed by atoms with E-state index >= 15 is 0 Å². The van der Waals surface area contributed by atoms with E-state index in [4.69, 9.17) is 11.6 Å². The van der Waals surface area contributed by atoms with Gasteiger partial charge in [-0.25, -0.2) is 4.98 Å². The van der Waals surface area contributed by atoms with E-state index in [1.165, 1.54) is 10.9 Å². The second-order valence-electron chi connectivity index (χ2n) is 3.24. The maximum atomic E-state index is 11.2. The second kappa shape index (κ2) is 5.25. The lowest BCUT2D eigenvalue weighted by Gasteiger charge is -2.06. The Labute approximate surface area is 119 Å². The van der Waals surface area contributed by atoms with Crippen LogP contribution >= 0.6 is 39.3 Å². The zero-order chi connectivity index (χ0) is 13.3. The molecule has 2 rings (SSSR count). The molecule has 0 bridgehead atoms. The van der Waals surface area contributed by atoms with Gasteiger partial charge in [0.2, 0.25) is 0 Å². The van der Waals surface area contributed by atoms with Crippen molar-refractivity contribution in [2.75, 3.05) is 0 Å². The summed E-state index contributed by atoms with van der Waals surface area (Å²) in [6.45, 7) is 0. The normalized spacial score (nSPS) is 10.6. The van der Waals surface area contributed by atoms with Crippen LogP contribution in [-0.4, -0.2) is 19.7 Å². The number of hydrogen-bond donors (Lipinski definition) is 1. The first-order valence-electron chi connectivity index (χ1n) is 4.63. The van der Waals surface area contributed by atoms with Crippen LogP contribution in [0.5, 0.6) is 0 Å². The largest absolute Gasteiger partial charge is 0.339 e. The first-order chi connectivity index (χ1) is 8.47. The molecule has 0 saturated carbocycles. The summed E-state index contributed by atoms with van der Waals surface area (Å²) in [4.78, 5) is 30.0. The van der Waals surface area contributed by atoms with Gasteiger partial charge in [0.15, 0.2) is 5.16 Å². The topological polar surface area (TPSA) is 80.6 Å². The number of rotatable bonds is 2. The van der Waals surface area contributed by atoms with E-state index in [0.717, 1.165) is 11.8 Å². The van der Waals surface area contributed by atoms with E-state index in [2.05, 4.69) is 31.0 Å². The summed E-state index contributed by atoms with van der Waals surface area (Å²) in [5.74, 6) is 0. The molecule has 0 aromatic carbocycles. The highest BCUT2D eigenvalue weighted by Crippen LogP contribution is 2.30. The van der Waals surface area contributed by atoms with Crippen LogP contribution in [0.1, 0.15) is 0 Å². The fourth-order valence-corrected chi connectivity index (χ4v) is 2.74. The summed E-state index contributed by atoms with van der Waals surface area (Å²) in [5, 5.41) is 3.77. The van der Waals surface area contributed by atoms with Crippen molar-refractivity contribution in [3.05, 3.63) is 42.5 Å². The lowest BCUT2D eigenvalue weighted by atomic mass is 10.5. The third kappa shape index (κ3) is 2.82. The van der Waals surface area contributed by atoms with Gasteiger partial charge < -0.3 is 0 Å². The summed E-state index contributed by atoms with van der Waals surface area (Å²) in [5.41, 5.74) is -1.59. The summed E-state index contributed by atoms with van der Waals surface area (Å²) < 4.78 is 2.04. The molecule has 0 saturated heterocycles. The van der Waals surface area contributed by atoms with E-state index in [-0.39, 0.29) is 0 Å². The number of halogens is 2. The molecule has 9 heteroatoms. The highest BCUT2D eigenvalue weighted by molar-refractivity contribution is 9.10. The Balaban J connectivity index is 2.43. The minimum Gasteiger partial charge on any atom is -0.265 e. The van der Waals surface area contributed by atoms with Gasteiger partial charge in [-0.3, -0.25) is 19.4 Å². The summed E-state index contributed by atoms with van der Waals surface area (Å²) >= 11 is 10.2. The number of pyridine rings is 1. The van der Waals surface area contributed by atoms with Gasteiger partial charge in [0.25, 0.3) is 0 Å². The molecule has 6 nitrogen and oxygen atoms in total. The fraction of sp³-hybridized carbons (Fsp3) is 0.111. The SMILES string of the molecule is Cn1[nH]c(=O)c(=O)nc1Sc1ncc(Cl)cc1Br. The Morgan fingerprint density at radius 2 is 2.22 bits per heavy atom. The highest BCUT2D eigenvalue weighted by Gasteiger charge is 2.10. The van der Waals surface area contributed by atoms with Crippen LogP contribution in [0, 0.1) is 0 Å². The van der Waals surface area contributed by atoms with Crippen LogP contribution in [0.2, 0.25) is 5.02 Å². The van der Waals surface area contributed by atoms with Crippen LogP contribution < -0.4 is 11.1 Å². The number of aromatic nitrogens is 4. The standard InChI is InChI=1S/C9H6BrClN4O2S/c1-15-9(13-6(16)7(17)14-15)18-8-5(10)2-4(11)3-12-8/h2-3H,1H3,(H,14,17). The van der Waals surface area contributed by atoms with Crippen molar-refractivity contribution >= 4 is 39.3 Å². The minimum atomic E-state index is -0.833. The zero-order valence-electron chi connectivity index (χ0n) is 8.98. The number of nitrogens with one attached hydrogen (secondary N) is 1. The van der Waals surface area contributed by atoms with E-state index < -0.39 is 11.1 Å². The number of hydrogen-bond acceptors (Lipinski definition) is 5. The average molecular weight is 350 g/mol. The van der Waals surface area contributed by atoms with Gasteiger partial charge in [-0.2, -0.15) is 4.98 Å². The Bertz CT molecular complexity index is 714. The Kier molecular flexibility index (Phi) is 3.88. The quantitative estimate of drug-likeness (QED) is 0.830. The molecule has 0 radical (unpaired) electrons. The van der Waals surface area contributed by atoms with Crippen molar-refractivity contribution < 1.29 is 0 Å². The van der Waals surface area contributed by atoms with Gasteiger partial charge in [0.1, 0.15) is 5.03 Å². The van der Waals surface area contributed by atoms with Gasteiger partial charge in [0.05, 0.1) is 9.50 Å². The van der Waals surface area contributed by atoms with E-state index in [9.17, 15) is 9.59 Å². The number of aromatic amines is 1. The minimum absolute atomic E-state index is 0.329. The molecular formula is C9H6BrClN4O2S. The monoisotopic (exact) mass is 348 g/mol. The number of nitrogens with zero attached hydrogens (tertiary/aromatic N) is 3. The molecule has 0 spiro atoms. The predicted octanol–water partition coefficient (Wildman–Crippen LogP) is 1.43. The summed E-state index contributed by atoms with van der Waals surface area (Å²) in [6.07, 6.45) is 1.48. The molecule has 94 valence electrons. The average Bonchev–Trinajstić information content (AvgIpc) is 2.29. The third-order valence-corrected chi connectivity index (χ3v) is 4.05. The Morgan fingerprint density at radius 3 is 2.89 bits per heavy atom. The smallest absolute Gasteiger partial charge is 0.265 e. The summed E-state index contributed by atoms with van der Waals surface area (Å²) in [6, 6.07) is 1.68. The lowest BCUT2D eigenvalue weighted by molar-refractivity contribution is 0.596. The molecule has 0 aliphatic heterocycles. The van der Waals surface area contributed by atoms with Gasteiger partial charge in [0, 0.05) is 13.2 Å². The number of aryl methyl sites for hydroxylation is 1. The van der Waals surface area contributed by atoms with Crippen molar-refractivity contribution in [3.8, 4) is 0 Å². The van der Waals surface area contributed by atoms with Gasteiger partial charge in [-0.1, -0.05) is 11.6 Å². The first kappa shape index (κ1) is 13.3. The van der Waals surface area contributed by atoms with E-state index in [1.54, 1.807) is 13.1 Å². The van der Waals surface area contributed by atoms with Gasteiger partial charge in [-0.15, -0.1) is 0 Å². The molecule has 2 aromatic rings. The number of H-pyrrole nitrogens is 1.